The minimum absolute atomic E-state index is 0.413. The summed E-state index contributed by atoms with van der Waals surface area (Å²) >= 11 is 1.68. The Bertz CT molecular complexity index is 740. The Morgan fingerprint density at radius 2 is 2.29 bits per heavy atom. The number of nitrogens with zero attached hydrogens (tertiary/aromatic N) is 2. The predicted octanol–water partition coefficient (Wildman–Crippen LogP) is 2.60. The second-order valence-corrected chi connectivity index (χ2v) is 6.71. The molecule has 3 aromatic heterocycles. The molecule has 0 spiro atoms. The fraction of sp³-hybridized carbons (Fsp3) is 0.400. The Morgan fingerprint density at radius 1 is 1.48 bits per heavy atom. The van der Waals surface area contributed by atoms with Gasteiger partial charge in [0.15, 0.2) is 4.96 Å². The van der Waals surface area contributed by atoms with Gasteiger partial charge in [0.2, 0.25) is 0 Å². The van der Waals surface area contributed by atoms with E-state index in [-0.39, 0.29) is 0 Å². The molecule has 0 saturated carbocycles. The summed E-state index contributed by atoms with van der Waals surface area (Å²) < 4.78 is 7.39. The van der Waals surface area contributed by atoms with Crippen LogP contribution in [0, 0.1) is 13.8 Å². The van der Waals surface area contributed by atoms with E-state index in [0.717, 1.165) is 16.3 Å². The summed E-state index contributed by atoms with van der Waals surface area (Å²) in [6, 6.07) is 3.56. The van der Waals surface area contributed by atoms with E-state index in [4.69, 9.17) is 4.42 Å². The first-order valence-corrected chi connectivity index (χ1v) is 7.70. The molecule has 112 valence electrons. The van der Waals surface area contributed by atoms with Crippen molar-refractivity contribution in [2.75, 3.05) is 6.54 Å². The van der Waals surface area contributed by atoms with Gasteiger partial charge in [-0.1, -0.05) is 0 Å². The molecule has 0 fully saturated rings. The van der Waals surface area contributed by atoms with Gasteiger partial charge >= 0.3 is 0 Å². The topological polar surface area (TPSA) is 62.7 Å². The van der Waals surface area contributed by atoms with Gasteiger partial charge < -0.3 is 14.8 Å². The molecule has 0 saturated heterocycles. The summed E-state index contributed by atoms with van der Waals surface area (Å²) in [5.41, 5.74) is 1.13. The first kappa shape index (κ1) is 14.3. The fourth-order valence-corrected chi connectivity index (χ4v) is 3.31. The highest BCUT2D eigenvalue weighted by Crippen LogP contribution is 2.22. The monoisotopic (exact) mass is 305 g/mol. The van der Waals surface area contributed by atoms with Crippen LogP contribution in [0.1, 0.15) is 28.9 Å². The van der Waals surface area contributed by atoms with E-state index in [1.165, 1.54) is 4.88 Å². The summed E-state index contributed by atoms with van der Waals surface area (Å²) in [6.07, 6.45) is 3.67. The van der Waals surface area contributed by atoms with Crippen LogP contribution in [0.2, 0.25) is 0 Å². The van der Waals surface area contributed by atoms with Crippen molar-refractivity contribution in [3.63, 3.8) is 0 Å². The number of nitrogens with one attached hydrogen (secondary N) is 1. The normalized spacial score (nSPS) is 14.7. The second-order valence-electron chi connectivity index (χ2n) is 5.49. The Balaban J connectivity index is 1.71. The van der Waals surface area contributed by atoms with E-state index < -0.39 is 5.60 Å². The van der Waals surface area contributed by atoms with Crippen molar-refractivity contribution >= 4 is 16.3 Å². The highest BCUT2D eigenvalue weighted by atomic mass is 32.1. The Labute approximate surface area is 127 Å². The van der Waals surface area contributed by atoms with Gasteiger partial charge in [0.1, 0.15) is 11.4 Å². The minimum Gasteiger partial charge on any atom is -0.466 e. The second kappa shape index (κ2) is 5.29. The molecule has 1 unspecified atom stereocenters. The zero-order chi connectivity index (χ0) is 15.0. The molecule has 0 amide bonds. The minimum atomic E-state index is -1.02. The number of thiazole rings is 1. The average molecular weight is 305 g/mol. The molecule has 0 aliphatic rings. The number of fused-ring (bicyclic) bond motifs is 1. The van der Waals surface area contributed by atoms with E-state index in [1.807, 2.05) is 6.92 Å². The number of aliphatic hydroxyl groups is 1. The van der Waals surface area contributed by atoms with Crippen molar-refractivity contribution in [3.05, 3.63) is 46.6 Å². The lowest BCUT2D eigenvalue weighted by Gasteiger charge is -2.21. The predicted molar refractivity (Wildman–Crippen MR) is 82.5 cm³/mol. The van der Waals surface area contributed by atoms with Crippen molar-refractivity contribution < 1.29 is 9.52 Å². The smallest absolute Gasteiger partial charge is 0.194 e. The number of hydrogen-bond donors (Lipinski definition) is 2. The maximum Gasteiger partial charge on any atom is 0.194 e. The van der Waals surface area contributed by atoms with Crippen LogP contribution in [-0.2, 0) is 12.1 Å². The first-order chi connectivity index (χ1) is 9.97. The van der Waals surface area contributed by atoms with Gasteiger partial charge in [0.05, 0.1) is 17.7 Å². The average Bonchev–Trinajstić information content (AvgIpc) is 3.08. The largest absolute Gasteiger partial charge is 0.466 e. The van der Waals surface area contributed by atoms with Gasteiger partial charge in [-0.25, -0.2) is 4.98 Å². The number of imidazole rings is 1. The van der Waals surface area contributed by atoms with Crippen LogP contribution in [0.25, 0.3) is 4.96 Å². The summed E-state index contributed by atoms with van der Waals surface area (Å²) in [5.74, 6) is 0.566. The zero-order valence-electron chi connectivity index (χ0n) is 12.4. The molecular weight excluding hydrogens is 286 g/mol. The third-order valence-corrected chi connectivity index (χ3v) is 4.45. The highest BCUT2D eigenvalue weighted by Gasteiger charge is 2.25. The SMILES string of the molecule is Cc1cn2c(CNCC(C)(O)c3ccco3)c(C)nc2s1. The third-order valence-electron chi connectivity index (χ3n) is 3.55. The van der Waals surface area contributed by atoms with E-state index >= 15 is 0 Å². The molecule has 3 rings (SSSR count). The number of aromatic nitrogens is 2. The van der Waals surface area contributed by atoms with Crippen LogP contribution in [0.3, 0.4) is 0 Å². The lowest BCUT2D eigenvalue weighted by Crippen LogP contribution is -2.35. The Morgan fingerprint density at radius 3 is 3.00 bits per heavy atom. The molecular formula is C15H19N3O2S. The molecule has 3 aromatic rings. The number of furan rings is 1. The summed E-state index contributed by atoms with van der Waals surface area (Å²) in [4.78, 5) is 6.81. The maximum absolute atomic E-state index is 10.4. The van der Waals surface area contributed by atoms with Crippen LogP contribution < -0.4 is 5.32 Å². The summed E-state index contributed by atoms with van der Waals surface area (Å²) in [5, 5.41) is 13.7. The Hall–Kier alpha value is -1.63. The third kappa shape index (κ3) is 2.74. The molecule has 21 heavy (non-hydrogen) atoms. The van der Waals surface area contributed by atoms with Crippen molar-refractivity contribution in [3.8, 4) is 0 Å². The molecule has 6 heteroatoms. The van der Waals surface area contributed by atoms with Crippen LogP contribution in [0.15, 0.2) is 29.0 Å². The van der Waals surface area contributed by atoms with Gasteiger partial charge in [-0.3, -0.25) is 4.40 Å². The van der Waals surface area contributed by atoms with Crippen LogP contribution in [0.4, 0.5) is 0 Å². The molecule has 0 aromatic carbocycles. The molecule has 5 nitrogen and oxygen atoms in total. The van der Waals surface area contributed by atoms with Gasteiger partial charge in [0.25, 0.3) is 0 Å². The standard InChI is InChI=1S/C15H19N3O2S/c1-10-8-18-12(11(2)17-14(18)21-10)7-16-9-15(3,19)13-5-4-6-20-13/h4-6,8,16,19H,7,9H2,1-3H3. The summed E-state index contributed by atoms with van der Waals surface area (Å²) in [7, 11) is 0. The number of hydrogen-bond acceptors (Lipinski definition) is 5. The molecule has 0 radical (unpaired) electrons. The quantitative estimate of drug-likeness (QED) is 0.760. The zero-order valence-corrected chi connectivity index (χ0v) is 13.2. The first-order valence-electron chi connectivity index (χ1n) is 6.88. The molecule has 1 atom stereocenters. The van der Waals surface area contributed by atoms with Gasteiger partial charge in [0, 0.05) is 24.2 Å². The lowest BCUT2D eigenvalue weighted by molar-refractivity contribution is 0.0339. The molecule has 0 bridgehead atoms. The van der Waals surface area contributed by atoms with Crippen LogP contribution in [0.5, 0.6) is 0 Å². The Kier molecular flexibility index (Phi) is 3.61. The molecule has 3 heterocycles. The van der Waals surface area contributed by atoms with Crippen LogP contribution in [-0.4, -0.2) is 21.0 Å². The van der Waals surface area contributed by atoms with Crippen molar-refractivity contribution in [1.29, 1.82) is 0 Å². The number of aryl methyl sites for hydroxylation is 2. The van der Waals surface area contributed by atoms with Crippen molar-refractivity contribution in [2.24, 2.45) is 0 Å². The molecule has 2 N–H and O–H groups in total. The number of rotatable bonds is 5. The van der Waals surface area contributed by atoms with Gasteiger partial charge in [-0.2, -0.15) is 0 Å². The maximum atomic E-state index is 10.4. The van der Waals surface area contributed by atoms with E-state index in [9.17, 15) is 5.11 Å². The van der Waals surface area contributed by atoms with Crippen LogP contribution >= 0.6 is 11.3 Å². The lowest BCUT2D eigenvalue weighted by atomic mass is 10.0. The van der Waals surface area contributed by atoms with Crippen molar-refractivity contribution in [1.82, 2.24) is 14.7 Å². The van der Waals surface area contributed by atoms with Crippen molar-refractivity contribution in [2.45, 2.75) is 32.9 Å². The van der Waals surface area contributed by atoms with E-state index in [1.54, 1.807) is 36.7 Å². The highest BCUT2D eigenvalue weighted by molar-refractivity contribution is 7.17. The molecule has 0 aliphatic carbocycles. The van der Waals surface area contributed by atoms with E-state index in [2.05, 4.69) is 27.8 Å². The van der Waals surface area contributed by atoms with Gasteiger partial charge in [-0.15, -0.1) is 11.3 Å². The van der Waals surface area contributed by atoms with Gasteiger partial charge in [-0.05, 0) is 32.9 Å². The summed E-state index contributed by atoms with van der Waals surface area (Å²) in [6.45, 7) is 6.90. The van der Waals surface area contributed by atoms with E-state index in [0.29, 0.717) is 18.8 Å². The fourth-order valence-electron chi connectivity index (χ4n) is 2.42. The molecule has 0 aliphatic heterocycles.